The predicted octanol–water partition coefficient (Wildman–Crippen LogP) is 6.37. The number of hydrazone groups is 1. The minimum Gasteiger partial charge on any atom is -0.267 e. The second-order valence-electron chi connectivity index (χ2n) is 8.43. The van der Waals surface area contributed by atoms with E-state index in [4.69, 9.17) is 4.98 Å². The molecule has 1 aliphatic rings. The first-order valence-electron chi connectivity index (χ1n) is 11.2. The number of aryl methyl sites for hydroxylation is 1. The van der Waals surface area contributed by atoms with Gasteiger partial charge in [-0.05, 0) is 30.2 Å². The second-order valence-corrected chi connectivity index (χ2v) is 8.43. The molecular formula is C30H21N3O. The molecule has 0 bridgehead atoms. The SMILES string of the molecule is Cc1ccc(-c2cc(C(=O)NN=C3c4ccccc4-c4ccccc43)c3ccccc3n2)cc1. The Kier molecular flexibility index (Phi) is 4.77. The van der Waals surface area contributed by atoms with Crippen molar-refractivity contribution >= 4 is 22.5 Å². The highest BCUT2D eigenvalue weighted by molar-refractivity contribution is 6.24. The first kappa shape index (κ1) is 20.1. The highest BCUT2D eigenvalue weighted by atomic mass is 16.2. The molecule has 0 saturated heterocycles. The smallest absolute Gasteiger partial charge is 0.267 e. The molecule has 0 aliphatic heterocycles. The van der Waals surface area contributed by atoms with Crippen molar-refractivity contribution < 1.29 is 4.79 Å². The number of aromatic nitrogens is 1. The van der Waals surface area contributed by atoms with Crippen LogP contribution in [0.15, 0.2) is 108 Å². The number of hydrogen-bond donors (Lipinski definition) is 1. The maximum Gasteiger partial charge on any atom is 0.272 e. The molecule has 1 amide bonds. The molecule has 162 valence electrons. The molecule has 1 heterocycles. The van der Waals surface area contributed by atoms with Crippen molar-refractivity contribution in [2.75, 3.05) is 0 Å². The molecule has 0 radical (unpaired) electrons. The van der Waals surface area contributed by atoms with Crippen LogP contribution in [0.5, 0.6) is 0 Å². The third-order valence-corrected chi connectivity index (χ3v) is 6.23. The fourth-order valence-electron chi connectivity index (χ4n) is 4.52. The van der Waals surface area contributed by atoms with Crippen LogP contribution in [0, 0.1) is 6.92 Å². The average molecular weight is 440 g/mol. The summed E-state index contributed by atoms with van der Waals surface area (Å²) in [5.74, 6) is -0.263. The maximum atomic E-state index is 13.4. The molecule has 0 atom stereocenters. The van der Waals surface area contributed by atoms with Crippen LogP contribution < -0.4 is 5.43 Å². The summed E-state index contributed by atoms with van der Waals surface area (Å²) < 4.78 is 0. The summed E-state index contributed by atoms with van der Waals surface area (Å²) in [6, 6.07) is 34.0. The molecule has 1 aromatic heterocycles. The summed E-state index contributed by atoms with van der Waals surface area (Å²) in [4.78, 5) is 18.2. The van der Waals surface area contributed by atoms with Crippen LogP contribution in [0.2, 0.25) is 0 Å². The van der Waals surface area contributed by atoms with E-state index in [1.54, 1.807) is 0 Å². The second kappa shape index (κ2) is 8.09. The largest absolute Gasteiger partial charge is 0.272 e. The Balaban J connectivity index is 1.42. The molecular weight excluding hydrogens is 418 g/mol. The number of pyridine rings is 1. The first-order valence-corrected chi connectivity index (χ1v) is 11.2. The highest BCUT2D eigenvalue weighted by Gasteiger charge is 2.24. The van der Waals surface area contributed by atoms with Gasteiger partial charge in [-0.3, -0.25) is 4.79 Å². The number of amides is 1. The van der Waals surface area contributed by atoms with Gasteiger partial charge in [0.2, 0.25) is 0 Å². The molecule has 6 rings (SSSR count). The van der Waals surface area contributed by atoms with Gasteiger partial charge in [-0.2, -0.15) is 5.10 Å². The standard InChI is InChI=1S/C30H21N3O/c1-19-14-16-20(17-15-19)28-18-26(23-10-6-7-13-27(23)31-28)30(34)33-32-29-24-11-4-2-8-21(24)22-9-3-5-12-25(22)29/h2-18H,1H3,(H,33,34). The number of nitrogens with one attached hydrogen (secondary N) is 1. The summed E-state index contributed by atoms with van der Waals surface area (Å²) in [6.07, 6.45) is 0. The minimum atomic E-state index is -0.263. The van der Waals surface area contributed by atoms with Crippen LogP contribution in [-0.2, 0) is 0 Å². The number of hydrogen-bond acceptors (Lipinski definition) is 3. The quantitative estimate of drug-likeness (QED) is 0.326. The molecule has 4 heteroatoms. The van der Waals surface area contributed by atoms with Gasteiger partial charge in [-0.15, -0.1) is 0 Å². The lowest BCUT2D eigenvalue weighted by molar-refractivity contribution is 0.0956. The highest BCUT2D eigenvalue weighted by Crippen LogP contribution is 2.36. The summed E-state index contributed by atoms with van der Waals surface area (Å²) in [7, 11) is 0. The van der Waals surface area contributed by atoms with Crippen LogP contribution in [-0.4, -0.2) is 16.6 Å². The van der Waals surface area contributed by atoms with Gasteiger partial charge in [0.1, 0.15) is 0 Å². The zero-order chi connectivity index (χ0) is 23.1. The topological polar surface area (TPSA) is 54.4 Å². The monoisotopic (exact) mass is 439 g/mol. The van der Waals surface area contributed by atoms with E-state index < -0.39 is 0 Å². The Morgan fingerprint density at radius 3 is 2.00 bits per heavy atom. The van der Waals surface area contributed by atoms with E-state index in [1.165, 1.54) is 5.56 Å². The fraction of sp³-hybridized carbons (Fsp3) is 0.0333. The average Bonchev–Trinajstić information content (AvgIpc) is 3.21. The predicted molar refractivity (Wildman–Crippen MR) is 137 cm³/mol. The molecule has 34 heavy (non-hydrogen) atoms. The molecule has 0 saturated carbocycles. The fourth-order valence-corrected chi connectivity index (χ4v) is 4.52. The van der Waals surface area contributed by atoms with Gasteiger partial charge in [0, 0.05) is 22.1 Å². The zero-order valence-electron chi connectivity index (χ0n) is 18.6. The van der Waals surface area contributed by atoms with Gasteiger partial charge in [-0.25, -0.2) is 10.4 Å². The van der Waals surface area contributed by atoms with E-state index >= 15 is 0 Å². The number of carbonyl (C=O) groups is 1. The third-order valence-electron chi connectivity index (χ3n) is 6.23. The molecule has 5 aromatic rings. The van der Waals surface area contributed by atoms with E-state index in [1.807, 2.05) is 91.0 Å². The third kappa shape index (κ3) is 3.37. The summed E-state index contributed by atoms with van der Waals surface area (Å²) >= 11 is 0. The number of carbonyl (C=O) groups excluding carboxylic acids is 1. The van der Waals surface area contributed by atoms with E-state index in [0.717, 1.165) is 50.1 Å². The normalized spacial score (nSPS) is 11.7. The van der Waals surface area contributed by atoms with E-state index in [0.29, 0.717) is 5.56 Å². The van der Waals surface area contributed by atoms with Crippen molar-refractivity contribution in [2.45, 2.75) is 6.92 Å². The summed E-state index contributed by atoms with van der Waals surface area (Å²) in [5, 5.41) is 5.39. The molecule has 1 aliphatic carbocycles. The van der Waals surface area contributed by atoms with Gasteiger partial charge in [0.15, 0.2) is 0 Å². The van der Waals surface area contributed by atoms with Crippen LogP contribution in [0.3, 0.4) is 0 Å². The lowest BCUT2D eigenvalue weighted by atomic mass is 10.0. The number of para-hydroxylation sites is 1. The Morgan fingerprint density at radius 2 is 1.32 bits per heavy atom. The van der Waals surface area contributed by atoms with Crippen molar-refractivity contribution in [3.8, 4) is 22.4 Å². The van der Waals surface area contributed by atoms with Crippen LogP contribution in [0.1, 0.15) is 27.0 Å². The van der Waals surface area contributed by atoms with Crippen LogP contribution in [0.4, 0.5) is 0 Å². The lowest BCUT2D eigenvalue weighted by Crippen LogP contribution is -2.20. The molecule has 0 spiro atoms. The molecule has 0 fully saturated rings. The van der Waals surface area contributed by atoms with Gasteiger partial charge in [0.25, 0.3) is 5.91 Å². The van der Waals surface area contributed by atoms with E-state index in [2.05, 4.69) is 29.6 Å². The molecule has 1 N–H and O–H groups in total. The van der Waals surface area contributed by atoms with Gasteiger partial charge in [0.05, 0.1) is 22.5 Å². The van der Waals surface area contributed by atoms with Gasteiger partial charge in [-0.1, -0.05) is 96.6 Å². The number of benzene rings is 4. The Hall–Kier alpha value is -4.57. The maximum absolute atomic E-state index is 13.4. The lowest BCUT2D eigenvalue weighted by Gasteiger charge is -2.10. The van der Waals surface area contributed by atoms with E-state index in [-0.39, 0.29) is 5.91 Å². The van der Waals surface area contributed by atoms with E-state index in [9.17, 15) is 4.79 Å². The van der Waals surface area contributed by atoms with Crippen molar-refractivity contribution in [1.82, 2.24) is 10.4 Å². The van der Waals surface area contributed by atoms with Gasteiger partial charge < -0.3 is 0 Å². The molecule has 0 unspecified atom stereocenters. The Labute approximate surface area is 197 Å². The van der Waals surface area contributed by atoms with Crippen molar-refractivity contribution in [2.24, 2.45) is 5.10 Å². The Bertz CT molecular complexity index is 1550. The van der Waals surface area contributed by atoms with Crippen molar-refractivity contribution in [1.29, 1.82) is 0 Å². The van der Waals surface area contributed by atoms with Gasteiger partial charge >= 0.3 is 0 Å². The number of rotatable bonds is 3. The van der Waals surface area contributed by atoms with Crippen LogP contribution in [0.25, 0.3) is 33.3 Å². The molecule has 4 nitrogen and oxygen atoms in total. The van der Waals surface area contributed by atoms with Crippen molar-refractivity contribution in [3.63, 3.8) is 0 Å². The zero-order valence-corrected chi connectivity index (χ0v) is 18.6. The number of fused-ring (bicyclic) bond motifs is 4. The minimum absolute atomic E-state index is 0.263. The molecule has 4 aromatic carbocycles. The summed E-state index contributed by atoms with van der Waals surface area (Å²) in [6.45, 7) is 2.05. The Morgan fingerprint density at radius 1 is 0.735 bits per heavy atom. The number of nitrogens with zero attached hydrogens (tertiary/aromatic N) is 2. The van der Waals surface area contributed by atoms with Crippen molar-refractivity contribution in [3.05, 3.63) is 125 Å². The van der Waals surface area contributed by atoms with Crippen LogP contribution >= 0.6 is 0 Å². The first-order chi connectivity index (χ1) is 16.7. The summed E-state index contributed by atoms with van der Waals surface area (Å²) in [5.41, 5.74) is 12.1.